The number of hydrogen-bond acceptors (Lipinski definition) is 5. The number of likely N-dealkylation sites (tertiary alicyclic amines) is 1. The van der Waals surface area contributed by atoms with Crippen molar-refractivity contribution in [2.75, 3.05) is 37.6 Å². The summed E-state index contributed by atoms with van der Waals surface area (Å²) in [4.78, 5) is 23.4. The van der Waals surface area contributed by atoms with Crippen molar-refractivity contribution in [3.63, 3.8) is 0 Å². The van der Waals surface area contributed by atoms with Gasteiger partial charge in [-0.25, -0.2) is 4.98 Å². The van der Waals surface area contributed by atoms with E-state index in [9.17, 15) is 4.79 Å². The molecule has 1 spiro atoms. The van der Waals surface area contributed by atoms with Gasteiger partial charge >= 0.3 is 0 Å². The summed E-state index contributed by atoms with van der Waals surface area (Å²) >= 11 is 1.60. The van der Waals surface area contributed by atoms with Crippen LogP contribution >= 0.6 is 11.3 Å². The first-order valence-corrected chi connectivity index (χ1v) is 11.4. The van der Waals surface area contributed by atoms with Crippen LogP contribution < -0.4 is 10.2 Å². The van der Waals surface area contributed by atoms with Crippen molar-refractivity contribution in [3.05, 3.63) is 46.5 Å². The smallest absolute Gasteiger partial charge is 0.264 e. The number of benzene rings is 1. The molecule has 1 aromatic heterocycles. The maximum atomic E-state index is 12.7. The second kappa shape index (κ2) is 7.48. The van der Waals surface area contributed by atoms with Gasteiger partial charge in [0.2, 0.25) is 0 Å². The Morgan fingerprint density at radius 2 is 1.79 bits per heavy atom. The minimum atomic E-state index is -0.236. The summed E-state index contributed by atoms with van der Waals surface area (Å²) in [6.07, 6.45) is 6.79. The number of thiazole rings is 1. The third-order valence-electron chi connectivity index (χ3n) is 6.52. The highest BCUT2D eigenvalue weighted by Crippen LogP contribution is 2.43. The van der Waals surface area contributed by atoms with Crippen LogP contribution in [0.5, 0.6) is 0 Å². The number of carbonyl (C=O) groups is 1. The molecule has 2 fully saturated rings. The highest BCUT2D eigenvalue weighted by molar-refractivity contribution is 7.17. The van der Waals surface area contributed by atoms with Gasteiger partial charge in [-0.15, -0.1) is 0 Å². The fourth-order valence-electron chi connectivity index (χ4n) is 4.79. The molecular formula is C22H28N4OS. The van der Waals surface area contributed by atoms with Crippen LogP contribution in [-0.2, 0) is 12.0 Å². The number of carbonyl (C=O) groups excluding carboxylic acids is 1. The Bertz CT molecular complexity index is 835. The lowest BCUT2D eigenvalue weighted by Crippen LogP contribution is -2.49. The summed E-state index contributed by atoms with van der Waals surface area (Å²) in [5, 5.41) is 4.36. The Hall–Kier alpha value is -1.92. The minimum absolute atomic E-state index is 0.0912. The Kier molecular flexibility index (Phi) is 4.85. The van der Waals surface area contributed by atoms with Crippen LogP contribution in [0.25, 0.3) is 0 Å². The lowest BCUT2D eigenvalue weighted by molar-refractivity contribution is 0.0862. The molecule has 0 saturated carbocycles. The van der Waals surface area contributed by atoms with Gasteiger partial charge in [0.1, 0.15) is 4.88 Å². The van der Waals surface area contributed by atoms with Crippen LogP contribution in [0.4, 0.5) is 5.13 Å². The van der Waals surface area contributed by atoms with Gasteiger partial charge in [0.05, 0.1) is 11.2 Å². The van der Waals surface area contributed by atoms with E-state index in [2.05, 4.69) is 45.4 Å². The van der Waals surface area contributed by atoms with Crippen molar-refractivity contribution < 1.29 is 4.79 Å². The largest absolute Gasteiger partial charge is 0.348 e. The number of nitrogens with one attached hydrogen (secondary N) is 1. The fourth-order valence-corrected chi connectivity index (χ4v) is 5.91. The van der Waals surface area contributed by atoms with Gasteiger partial charge in [0.25, 0.3) is 5.91 Å². The molecule has 28 heavy (non-hydrogen) atoms. The van der Waals surface area contributed by atoms with Crippen LogP contribution in [-0.4, -0.2) is 48.5 Å². The van der Waals surface area contributed by atoms with Crippen molar-refractivity contribution in [1.82, 2.24) is 15.2 Å². The van der Waals surface area contributed by atoms with Gasteiger partial charge in [0, 0.05) is 32.7 Å². The van der Waals surface area contributed by atoms with E-state index in [4.69, 9.17) is 4.98 Å². The maximum Gasteiger partial charge on any atom is 0.264 e. The molecule has 148 valence electrons. The fraction of sp³-hybridized carbons (Fsp3) is 0.545. The molecule has 0 radical (unpaired) electrons. The molecule has 2 aromatic rings. The summed E-state index contributed by atoms with van der Waals surface area (Å²) in [6.45, 7) is 5.27. The minimum Gasteiger partial charge on any atom is -0.348 e. The average molecular weight is 397 g/mol. The second-order valence-corrected chi connectivity index (χ2v) is 9.31. The van der Waals surface area contributed by atoms with Gasteiger partial charge in [-0.2, -0.15) is 0 Å². The molecule has 4 heterocycles. The molecule has 0 atom stereocenters. The first-order valence-electron chi connectivity index (χ1n) is 10.6. The number of aromatic nitrogens is 1. The Balaban J connectivity index is 1.26. The number of amides is 1. The topological polar surface area (TPSA) is 48.5 Å². The summed E-state index contributed by atoms with van der Waals surface area (Å²) < 4.78 is 0. The lowest BCUT2D eigenvalue weighted by atomic mass is 9.86. The molecular weight excluding hydrogens is 368 g/mol. The highest BCUT2D eigenvalue weighted by atomic mass is 32.1. The van der Waals surface area contributed by atoms with Gasteiger partial charge in [-0.05, 0) is 44.1 Å². The van der Waals surface area contributed by atoms with Crippen LogP contribution in [0.2, 0.25) is 0 Å². The molecule has 0 bridgehead atoms. The average Bonchev–Trinajstić information content (AvgIpc) is 3.30. The van der Waals surface area contributed by atoms with E-state index in [1.807, 2.05) is 0 Å². The summed E-state index contributed by atoms with van der Waals surface area (Å²) in [6, 6.07) is 10.7. The van der Waals surface area contributed by atoms with E-state index in [1.165, 1.54) is 24.8 Å². The molecule has 1 amide bonds. The van der Waals surface area contributed by atoms with E-state index in [0.29, 0.717) is 0 Å². The van der Waals surface area contributed by atoms with E-state index < -0.39 is 0 Å². The zero-order chi connectivity index (χ0) is 19.0. The number of hydrogen-bond donors (Lipinski definition) is 1. The third-order valence-corrected chi connectivity index (χ3v) is 7.64. The van der Waals surface area contributed by atoms with Crippen LogP contribution in [0.1, 0.15) is 53.0 Å². The monoisotopic (exact) mass is 396 g/mol. The van der Waals surface area contributed by atoms with Crippen LogP contribution in [0.15, 0.2) is 30.3 Å². The molecule has 3 aliphatic heterocycles. The standard InChI is InChI=1S/C22H28N4OS/c27-20-18-19(23-21(28-18)26-12-5-2-6-13-26)22(24-20)10-15-25(16-11-22)14-9-17-7-3-1-4-8-17/h1,3-4,7-8H,2,5-6,9-16H2,(H,24,27). The van der Waals surface area contributed by atoms with Gasteiger partial charge in [-0.3, -0.25) is 4.79 Å². The zero-order valence-electron chi connectivity index (χ0n) is 16.3. The number of fused-ring (bicyclic) bond motifs is 2. The van der Waals surface area contributed by atoms with Crippen molar-refractivity contribution in [1.29, 1.82) is 0 Å². The maximum absolute atomic E-state index is 12.7. The molecule has 1 aromatic carbocycles. The Labute approximate surface area is 170 Å². The quantitative estimate of drug-likeness (QED) is 0.860. The molecule has 5 rings (SSSR count). The molecule has 0 aliphatic carbocycles. The van der Waals surface area contributed by atoms with E-state index in [-0.39, 0.29) is 11.4 Å². The zero-order valence-corrected chi connectivity index (χ0v) is 17.1. The normalized spacial score (nSPS) is 21.7. The van der Waals surface area contributed by atoms with Gasteiger partial charge in [-0.1, -0.05) is 41.7 Å². The molecule has 6 heteroatoms. The first kappa shape index (κ1) is 18.1. The van der Waals surface area contributed by atoms with Crippen LogP contribution in [0, 0.1) is 0 Å². The summed E-state index contributed by atoms with van der Waals surface area (Å²) in [5.74, 6) is 0.0912. The predicted molar refractivity (Wildman–Crippen MR) is 113 cm³/mol. The van der Waals surface area contributed by atoms with E-state index >= 15 is 0 Å². The Morgan fingerprint density at radius 1 is 1.04 bits per heavy atom. The first-order chi connectivity index (χ1) is 13.7. The van der Waals surface area contributed by atoms with Crippen molar-refractivity contribution in [2.24, 2.45) is 0 Å². The van der Waals surface area contributed by atoms with Crippen molar-refractivity contribution in [2.45, 2.75) is 44.1 Å². The number of rotatable bonds is 4. The van der Waals surface area contributed by atoms with Crippen LogP contribution in [0.3, 0.4) is 0 Å². The molecule has 2 saturated heterocycles. The Morgan fingerprint density at radius 3 is 2.54 bits per heavy atom. The molecule has 1 N–H and O–H groups in total. The van der Waals surface area contributed by atoms with E-state index in [1.54, 1.807) is 11.3 Å². The number of anilines is 1. The lowest BCUT2D eigenvalue weighted by Gasteiger charge is -2.39. The van der Waals surface area contributed by atoms with Crippen molar-refractivity contribution >= 4 is 22.4 Å². The number of piperidine rings is 2. The second-order valence-electron chi connectivity index (χ2n) is 8.34. The third kappa shape index (κ3) is 3.33. The highest BCUT2D eigenvalue weighted by Gasteiger charge is 2.48. The van der Waals surface area contributed by atoms with Gasteiger partial charge in [0.15, 0.2) is 5.13 Å². The molecule has 5 nitrogen and oxygen atoms in total. The SMILES string of the molecule is O=C1NC2(CCN(CCc3ccccc3)CC2)c2nc(N3CCCCC3)sc21. The number of nitrogens with zero attached hydrogens (tertiary/aromatic N) is 3. The molecule has 3 aliphatic rings. The summed E-state index contributed by atoms with van der Waals surface area (Å²) in [5.41, 5.74) is 2.19. The van der Waals surface area contributed by atoms with Crippen molar-refractivity contribution in [3.8, 4) is 0 Å². The predicted octanol–water partition coefficient (Wildman–Crippen LogP) is 3.41. The van der Waals surface area contributed by atoms with E-state index in [0.717, 1.165) is 67.7 Å². The van der Waals surface area contributed by atoms with Gasteiger partial charge < -0.3 is 15.1 Å². The summed E-state index contributed by atoms with van der Waals surface area (Å²) in [7, 11) is 0. The molecule has 0 unspecified atom stereocenters.